The van der Waals surface area contributed by atoms with Crippen LogP contribution in [0.2, 0.25) is 0 Å². The van der Waals surface area contributed by atoms with Crippen molar-refractivity contribution in [2.45, 2.75) is 19.5 Å². The smallest absolute Gasteiger partial charge is 0.434 e. The van der Waals surface area contributed by atoms with Crippen molar-refractivity contribution in [2.24, 2.45) is 0 Å². The molecule has 0 fully saturated rings. The lowest BCUT2D eigenvalue weighted by atomic mass is 10.2. The number of rotatable bonds is 3. The number of aromatic carboxylic acids is 1. The number of carboxylic acid groups (broad SMARTS) is 1. The standard InChI is InChI=1S/C11H8F3N3O2S/c1-5-4-20-8(16-5)2-7-15-3-6(10(18)19)9(17-7)11(12,13)14/h3-4H,2H2,1H3,(H,18,19). The first kappa shape index (κ1) is 14.4. The van der Waals surface area contributed by atoms with Crippen LogP contribution >= 0.6 is 11.3 Å². The van der Waals surface area contributed by atoms with E-state index in [1.165, 1.54) is 11.3 Å². The molecule has 0 spiro atoms. The summed E-state index contributed by atoms with van der Waals surface area (Å²) in [6.45, 7) is 1.76. The number of hydrogen-bond acceptors (Lipinski definition) is 5. The Bertz CT molecular complexity index is 655. The predicted octanol–water partition coefficient (Wildman–Crippen LogP) is 2.55. The van der Waals surface area contributed by atoms with Gasteiger partial charge in [0.05, 0.1) is 6.42 Å². The van der Waals surface area contributed by atoms with Crippen molar-refractivity contribution in [2.75, 3.05) is 0 Å². The highest BCUT2D eigenvalue weighted by atomic mass is 32.1. The molecule has 0 radical (unpaired) electrons. The third-order valence-corrected chi connectivity index (χ3v) is 3.28. The van der Waals surface area contributed by atoms with Gasteiger partial charge in [0.15, 0.2) is 5.69 Å². The number of nitrogens with zero attached hydrogens (tertiary/aromatic N) is 3. The van der Waals surface area contributed by atoms with Gasteiger partial charge in [0.25, 0.3) is 0 Å². The third-order valence-electron chi connectivity index (χ3n) is 2.31. The number of thiazole rings is 1. The van der Waals surface area contributed by atoms with Gasteiger partial charge >= 0.3 is 12.1 Å². The van der Waals surface area contributed by atoms with Crippen molar-refractivity contribution in [1.29, 1.82) is 0 Å². The number of carbonyl (C=O) groups is 1. The second kappa shape index (κ2) is 5.16. The van der Waals surface area contributed by atoms with Crippen LogP contribution in [0.15, 0.2) is 11.6 Å². The Balaban J connectivity index is 2.39. The SMILES string of the molecule is Cc1csc(Cc2ncc(C(=O)O)c(C(F)(F)F)n2)n1. The van der Waals surface area contributed by atoms with Crippen LogP contribution in [0.1, 0.15) is 32.6 Å². The van der Waals surface area contributed by atoms with Gasteiger partial charge in [-0.25, -0.2) is 19.7 Å². The largest absolute Gasteiger partial charge is 0.478 e. The highest BCUT2D eigenvalue weighted by Crippen LogP contribution is 2.30. The molecule has 106 valence electrons. The highest BCUT2D eigenvalue weighted by molar-refractivity contribution is 7.09. The van der Waals surface area contributed by atoms with E-state index in [0.29, 0.717) is 11.2 Å². The van der Waals surface area contributed by atoms with Crippen LogP contribution in [0.25, 0.3) is 0 Å². The first-order chi connectivity index (χ1) is 9.27. The van der Waals surface area contributed by atoms with E-state index in [9.17, 15) is 18.0 Å². The Hall–Kier alpha value is -2.03. The number of hydrogen-bond donors (Lipinski definition) is 1. The molecule has 2 rings (SSSR count). The van der Waals surface area contributed by atoms with E-state index in [0.717, 1.165) is 5.69 Å². The van der Waals surface area contributed by atoms with E-state index in [2.05, 4.69) is 15.0 Å². The first-order valence-corrected chi connectivity index (χ1v) is 6.22. The normalized spacial score (nSPS) is 11.6. The van der Waals surface area contributed by atoms with Gasteiger partial charge in [-0.2, -0.15) is 13.2 Å². The number of aryl methyl sites for hydroxylation is 1. The Morgan fingerprint density at radius 3 is 2.60 bits per heavy atom. The van der Waals surface area contributed by atoms with Crippen LogP contribution in [-0.4, -0.2) is 26.0 Å². The maximum atomic E-state index is 12.8. The Morgan fingerprint density at radius 2 is 2.10 bits per heavy atom. The van der Waals surface area contributed by atoms with E-state index >= 15 is 0 Å². The lowest BCUT2D eigenvalue weighted by molar-refractivity contribution is -0.141. The second-order valence-electron chi connectivity index (χ2n) is 3.91. The Labute approximate surface area is 115 Å². The minimum absolute atomic E-state index is 0.0293. The number of aromatic nitrogens is 3. The van der Waals surface area contributed by atoms with E-state index < -0.39 is 23.4 Å². The first-order valence-electron chi connectivity index (χ1n) is 5.35. The molecule has 0 aliphatic rings. The molecule has 0 saturated heterocycles. The molecule has 1 N–H and O–H groups in total. The summed E-state index contributed by atoms with van der Waals surface area (Å²) in [4.78, 5) is 21.8. The van der Waals surface area contributed by atoms with Crippen LogP contribution in [0, 0.1) is 6.92 Å². The van der Waals surface area contributed by atoms with Crippen LogP contribution < -0.4 is 0 Å². The molecule has 0 aliphatic heterocycles. The number of halogens is 3. The molecule has 5 nitrogen and oxygen atoms in total. The maximum Gasteiger partial charge on any atom is 0.434 e. The monoisotopic (exact) mass is 303 g/mol. The average molecular weight is 303 g/mol. The molecule has 20 heavy (non-hydrogen) atoms. The van der Waals surface area contributed by atoms with Crippen molar-refractivity contribution in [1.82, 2.24) is 15.0 Å². The summed E-state index contributed by atoms with van der Waals surface area (Å²) in [6, 6.07) is 0. The van der Waals surface area contributed by atoms with Gasteiger partial charge in [-0.3, -0.25) is 0 Å². The zero-order chi connectivity index (χ0) is 14.9. The second-order valence-corrected chi connectivity index (χ2v) is 4.85. The van der Waals surface area contributed by atoms with E-state index in [1.807, 2.05) is 0 Å². The molecule has 0 atom stereocenters. The van der Waals surface area contributed by atoms with Gasteiger partial charge in [0, 0.05) is 17.3 Å². The fourth-order valence-corrected chi connectivity index (χ4v) is 2.26. The lowest BCUT2D eigenvalue weighted by Gasteiger charge is -2.09. The molecular weight excluding hydrogens is 295 g/mol. The molecule has 9 heteroatoms. The summed E-state index contributed by atoms with van der Waals surface area (Å²) in [5.74, 6) is -1.83. The minimum atomic E-state index is -4.84. The Morgan fingerprint density at radius 1 is 1.40 bits per heavy atom. The van der Waals surface area contributed by atoms with Crippen molar-refractivity contribution < 1.29 is 23.1 Å². The lowest BCUT2D eigenvalue weighted by Crippen LogP contribution is -2.17. The van der Waals surface area contributed by atoms with Gasteiger partial charge in [-0.15, -0.1) is 11.3 Å². The van der Waals surface area contributed by atoms with Crippen LogP contribution in [0.5, 0.6) is 0 Å². The quantitative estimate of drug-likeness (QED) is 0.943. The molecule has 0 unspecified atom stereocenters. The van der Waals surface area contributed by atoms with Crippen LogP contribution in [0.4, 0.5) is 13.2 Å². The van der Waals surface area contributed by atoms with E-state index in [1.54, 1.807) is 12.3 Å². The van der Waals surface area contributed by atoms with Crippen LogP contribution in [0.3, 0.4) is 0 Å². The van der Waals surface area contributed by atoms with Crippen molar-refractivity contribution >= 4 is 17.3 Å². The number of carboxylic acids is 1. The van der Waals surface area contributed by atoms with E-state index in [4.69, 9.17) is 5.11 Å². The molecule has 0 saturated carbocycles. The van der Waals surface area contributed by atoms with Gasteiger partial charge in [-0.05, 0) is 6.92 Å². The van der Waals surface area contributed by atoms with Gasteiger partial charge in [-0.1, -0.05) is 0 Å². The van der Waals surface area contributed by atoms with Crippen molar-refractivity contribution in [3.63, 3.8) is 0 Å². The molecule has 2 heterocycles. The summed E-state index contributed by atoms with van der Waals surface area (Å²) < 4.78 is 38.3. The predicted molar refractivity (Wildman–Crippen MR) is 63.7 cm³/mol. The van der Waals surface area contributed by atoms with Crippen molar-refractivity contribution in [3.05, 3.63) is 39.4 Å². The summed E-state index contributed by atoms with van der Waals surface area (Å²) in [5, 5.41) is 11.0. The summed E-state index contributed by atoms with van der Waals surface area (Å²) in [5.41, 5.74) is -1.65. The van der Waals surface area contributed by atoms with Gasteiger partial charge in [0.2, 0.25) is 0 Å². The Kier molecular flexibility index (Phi) is 3.71. The molecular formula is C11H8F3N3O2S. The average Bonchev–Trinajstić information content (AvgIpc) is 2.73. The fourth-order valence-electron chi connectivity index (χ4n) is 1.50. The topological polar surface area (TPSA) is 76.0 Å². The van der Waals surface area contributed by atoms with Gasteiger partial charge in [0.1, 0.15) is 16.4 Å². The summed E-state index contributed by atoms with van der Waals surface area (Å²) in [7, 11) is 0. The molecule has 0 bridgehead atoms. The zero-order valence-electron chi connectivity index (χ0n) is 10.1. The van der Waals surface area contributed by atoms with Gasteiger partial charge < -0.3 is 5.11 Å². The van der Waals surface area contributed by atoms with E-state index in [-0.39, 0.29) is 12.2 Å². The summed E-state index contributed by atoms with van der Waals surface area (Å²) >= 11 is 1.28. The zero-order valence-corrected chi connectivity index (χ0v) is 10.9. The molecule has 2 aromatic rings. The summed E-state index contributed by atoms with van der Waals surface area (Å²) in [6.07, 6.45) is -4.14. The van der Waals surface area contributed by atoms with Crippen molar-refractivity contribution in [3.8, 4) is 0 Å². The minimum Gasteiger partial charge on any atom is -0.478 e. The third kappa shape index (κ3) is 3.10. The molecule has 0 aliphatic carbocycles. The number of alkyl halides is 3. The highest BCUT2D eigenvalue weighted by Gasteiger charge is 2.38. The molecule has 0 aromatic carbocycles. The maximum absolute atomic E-state index is 12.8. The fraction of sp³-hybridized carbons (Fsp3) is 0.273. The molecule has 0 amide bonds. The van der Waals surface area contributed by atoms with Crippen LogP contribution in [-0.2, 0) is 12.6 Å². The molecule has 2 aromatic heterocycles.